The summed E-state index contributed by atoms with van der Waals surface area (Å²) in [5.41, 5.74) is 18.3. The summed E-state index contributed by atoms with van der Waals surface area (Å²) >= 11 is 0. The van der Waals surface area contributed by atoms with Crippen LogP contribution < -0.4 is 4.90 Å². The summed E-state index contributed by atoms with van der Waals surface area (Å²) in [5, 5.41) is 16.3. The van der Waals surface area contributed by atoms with Crippen molar-refractivity contribution in [2.75, 3.05) is 11.4 Å². The molecule has 12 nitrogen and oxygen atoms in total. The molecule has 11 rings (SSSR count). The standard InChI is InChI=1S/C46H45N9O3/c1-21-40(22(2)51-50-21)35-16-29(42-24(4)53-58-26(42)6)19-37-44(35)54(7)46(48-37)33-17-30(33)20-55-38-10-8-9-31(32(38)13-14-39(55)56)34-15-28(41-23(3)52-57-25(41)5)18-36-43(34)49-45(47-36)27-11-12-27/h8-10,15-16,18-19,27,30,33H,11-14,17,20H2,1-7H3,(H,47,49)(H,50,51). The number of H-pyrrole nitrogens is 2. The molecule has 58 heavy (non-hydrogen) atoms. The van der Waals surface area contributed by atoms with Crippen LogP contribution in [0.15, 0.2) is 51.5 Å². The van der Waals surface area contributed by atoms with Gasteiger partial charge in [-0.2, -0.15) is 5.10 Å². The predicted molar refractivity (Wildman–Crippen MR) is 223 cm³/mol. The molecule has 1 amide bonds. The summed E-state index contributed by atoms with van der Waals surface area (Å²) in [4.78, 5) is 30.1. The monoisotopic (exact) mass is 771 g/mol. The normalized spacial score (nSPS) is 17.9. The first-order valence-corrected chi connectivity index (χ1v) is 20.4. The third-order valence-corrected chi connectivity index (χ3v) is 12.9. The van der Waals surface area contributed by atoms with E-state index in [1.807, 2.05) is 39.5 Å². The average molecular weight is 772 g/mol. The quantitative estimate of drug-likeness (QED) is 0.155. The Morgan fingerprint density at radius 2 is 1.53 bits per heavy atom. The minimum absolute atomic E-state index is 0.169. The van der Waals surface area contributed by atoms with Crippen LogP contribution in [-0.4, -0.2) is 52.5 Å². The van der Waals surface area contributed by atoms with Crippen LogP contribution in [0.3, 0.4) is 0 Å². The summed E-state index contributed by atoms with van der Waals surface area (Å²) < 4.78 is 13.5. The largest absolute Gasteiger partial charge is 0.361 e. The molecular formula is C46H45N9O3. The van der Waals surface area contributed by atoms with Crippen molar-refractivity contribution in [2.24, 2.45) is 13.0 Å². The van der Waals surface area contributed by atoms with E-state index in [0.717, 1.165) is 137 Å². The highest BCUT2D eigenvalue weighted by Gasteiger charge is 2.44. The van der Waals surface area contributed by atoms with Crippen molar-refractivity contribution < 1.29 is 13.8 Å². The van der Waals surface area contributed by atoms with Crippen LogP contribution in [0.4, 0.5) is 5.69 Å². The van der Waals surface area contributed by atoms with Gasteiger partial charge in [-0.05, 0) is 126 Å². The summed E-state index contributed by atoms with van der Waals surface area (Å²) in [6.45, 7) is 12.6. The molecule has 0 saturated heterocycles. The van der Waals surface area contributed by atoms with E-state index in [9.17, 15) is 4.79 Å². The van der Waals surface area contributed by atoms with Gasteiger partial charge in [-0.15, -0.1) is 0 Å². The van der Waals surface area contributed by atoms with Crippen molar-refractivity contribution in [3.8, 4) is 44.5 Å². The Hall–Kier alpha value is -6.30. The third kappa shape index (κ3) is 5.33. The maximum absolute atomic E-state index is 13.9. The molecule has 0 radical (unpaired) electrons. The maximum atomic E-state index is 13.9. The van der Waals surface area contributed by atoms with Crippen LogP contribution in [-0.2, 0) is 18.3 Å². The number of carbonyl (C=O) groups is 1. The SMILES string of the molecule is Cc1n[nH]c(C)c1-c1cc(-c2c(C)noc2C)cc2nc(C3CC3CN3C(=O)CCc4c(-c5cc(-c6c(C)noc6C)cc6[nH]c(C7CC7)nc56)cccc43)n(C)c12. The molecule has 2 atom stereocenters. The van der Waals surface area contributed by atoms with Crippen LogP contribution in [0, 0.1) is 47.5 Å². The van der Waals surface area contributed by atoms with Gasteiger partial charge in [0.15, 0.2) is 0 Å². The number of aromatic nitrogens is 8. The maximum Gasteiger partial charge on any atom is 0.227 e. The number of rotatable bonds is 8. The fraction of sp³-hybridized carbons (Fsp3) is 0.348. The Balaban J connectivity index is 0.964. The number of nitrogens with zero attached hydrogens (tertiary/aromatic N) is 7. The molecular weight excluding hydrogens is 727 g/mol. The van der Waals surface area contributed by atoms with E-state index in [1.165, 1.54) is 5.56 Å². The smallest absolute Gasteiger partial charge is 0.227 e. The van der Waals surface area contributed by atoms with Crippen LogP contribution >= 0.6 is 0 Å². The van der Waals surface area contributed by atoms with Crippen molar-refractivity contribution in [1.29, 1.82) is 0 Å². The molecule has 3 aromatic carbocycles. The second kappa shape index (κ2) is 12.6. The molecule has 0 spiro atoms. The van der Waals surface area contributed by atoms with E-state index in [-0.39, 0.29) is 17.7 Å². The van der Waals surface area contributed by atoms with Gasteiger partial charge in [0.2, 0.25) is 5.91 Å². The van der Waals surface area contributed by atoms with Gasteiger partial charge in [-0.25, -0.2) is 9.97 Å². The van der Waals surface area contributed by atoms with E-state index in [1.54, 1.807) is 0 Å². The topological polar surface area (TPSA) is 148 Å². The lowest BCUT2D eigenvalue weighted by molar-refractivity contribution is -0.119. The highest BCUT2D eigenvalue weighted by molar-refractivity contribution is 6.02. The summed E-state index contributed by atoms with van der Waals surface area (Å²) in [6.07, 6.45) is 4.43. The number of fused-ring (bicyclic) bond motifs is 3. The zero-order chi connectivity index (χ0) is 39.7. The summed E-state index contributed by atoms with van der Waals surface area (Å²) in [6, 6.07) is 15.2. The number of amides is 1. The van der Waals surface area contributed by atoms with Crippen LogP contribution in [0.2, 0.25) is 0 Å². The molecule has 2 unspecified atom stereocenters. The van der Waals surface area contributed by atoms with Crippen LogP contribution in [0.25, 0.3) is 66.6 Å². The zero-order valence-corrected chi connectivity index (χ0v) is 33.9. The van der Waals surface area contributed by atoms with E-state index in [4.69, 9.17) is 19.0 Å². The Morgan fingerprint density at radius 3 is 2.21 bits per heavy atom. The first-order chi connectivity index (χ1) is 28.0. The molecule has 292 valence electrons. The Morgan fingerprint density at radius 1 is 0.810 bits per heavy atom. The zero-order valence-electron chi connectivity index (χ0n) is 33.9. The minimum Gasteiger partial charge on any atom is -0.361 e. The van der Waals surface area contributed by atoms with Gasteiger partial charge in [0, 0.05) is 71.0 Å². The van der Waals surface area contributed by atoms with Crippen molar-refractivity contribution in [3.63, 3.8) is 0 Å². The van der Waals surface area contributed by atoms with Gasteiger partial charge in [0.25, 0.3) is 0 Å². The van der Waals surface area contributed by atoms with Crippen LogP contribution in [0.5, 0.6) is 0 Å². The first kappa shape index (κ1) is 34.9. The lowest BCUT2D eigenvalue weighted by atomic mass is 9.89. The Bertz CT molecular complexity index is 2950. The number of carbonyl (C=O) groups excluding carboxylic acids is 1. The number of hydrogen-bond acceptors (Lipinski definition) is 8. The van der Waals surface area contributed by atoms with Crippen LogP contribution in [0.1, 0.15) is 89.0 Å². The van der Waals surface area contributed by atoms with E-state index in [0.29, 0.717) is 25.3 Å². The second-order valence-corrected chi connectivity index (χ2v) is 16.9. The molecule has 2 aliphatic carbocycles. The highest BCUT2D eigenvalue weighted by atomic mass is 16.5. The van der Waals surface area contributed by atoms with E-state index >= 15 is 0 Å². The molecule has 2 saturated carbocycles. The summed E-state index contributed by atoms with van der Waals surface area (Å²) in [5.74, 6) is 4.81. The molecule has 2 fully saturated rings. The van der Waals surface area contributed by atoms with Gasteiger partial charge in [0.05, 0.1) is 39.1 Å². The fourth-order valence-corrected chi connectivity index (χ4v) is 9.85. The van der Waals surface area contributed by atoms with E-state index in [2.05, 4.69) is 86.5 Å². The number of benzene rings is 3. The van der Waals surface area contributed by atoms with Crippen molar-refractivity contribution >= 4 is 33.7 Å². The number of aromatic amines is 2. The van der Waals surface area contributed by atoms with Gasteiger partial charge >= 0.3 is 0 Å². The lowest BCUT2D eigenvalue weighted by Crippen LogP contribution is -2.37. The first-order valence-electron chi connectivity index (χ1n) is 20.4. The number of hydrogen-bond donors (Lipinski definition) is 2. The Kier molecular flexibility index (Phi) is 7.58. The summed E-state index contributed by atoms with van der Waals surface area (Å²) in [7, 11) is 2.12. The van der Waals surface area contributed by atoms with Gasteiger partial charge in [-0.3, -0.25) is 9.89 Å². The van der Waals surface area contributed by atoms with Crippen molar-refractivity contribution in [3.05, 3.63) is 94.0 Å². The molecule has 2 N–H and O–H groups in total. The van der Waals surface area contributed by atoms with Gasteiger partial charge in [0.1, 0.15) is 23.2 Å². The fourth-order valence-electron chi connectivity index (χ4n) is 9.85. The molecule has 6 heterocycles. The molecule has 1 aliphatic heterocycles. The number of anilines is 1. The van der Waals surface area contributed by atoms with Crippen molar-refractivity contribution in [2.45, 2.75) is 85.5 Å². The van der Waals surface area contributed by atoms with Crippen molar-refractivity contribution in [1.82, 2.24) is 40.0 Å². The Labute approximate surface area is 335 Å². The molecule has 12 heteroatoms. The molecule has 5 aromatic heterocycles. The lowest BCUT2D eigenvalue weighted by Gasteiger charge is -2.31. The molecule has 8 aromatic rings. The predicted octanol–water partition coefficient (Wildman–Crippen LogP) is 9.63. The average Bonchev–Trinajstić information content (AvgIpc) is 3.99. The number of imidazole rings is 2. The highest BCUT2D eigenvalue weighted by Crippen LogP contribution is 2.51. The second-order valence-electron chi connectivity index (χ2n) is 16.9. The number of aryl methyl sites for hydroxylation is 7. The minimum atomic E-state index is 0.169. The van der Waals surface area contributed by atoms with E-state index < -0.39 is 0 Å². The molecule has 3 aliphatic rings. The van der Waals surface area contributed by atoms with Gasteiger partial charge < -0.3 is 23.5 Å². The third-order valence-electron chi connectivity index (χ3n) is 12.9. The number of nitrogens with one attached hydrogen (secondary N) is 2. The van der Waals surface area contributed by atoms with Gasteiger partial charge in [-0.1, -0.05) is 22.4 Å². The molecule has 0 bridgehead atoms.